The molecule has 0 atom stereocenters. The lowest BCUT2D eigenvalue weighted by atomic mass is 10.0. The van der Waals surface area contributed by atoms with Gasteiger partial charge in [-0.3, -0.25) is 4.79 Å². The molecular weight excluding hydrogens is 382 g/mol. The van der Waals surface area contributed by atoms with E-state index in [4.69, 9.17) is 4.74 Å². The number of carbonyl (C=O) groups excluding carboxylic acids is 2. The fraction of sp³-hybridized carbons (Fsp3) is 0.364. The minimum absolute atomic E-state index is 0.0375. The molecular formula is C22H23N5O3. The fourth-order valence-corrected chi connectivity index (χ4v) is 4.26. The van der Waals surface area contributed by atoms with Gasteiger partial charge in [-0.15, -0.1) is 0 Å². The number of carbonyl (C=O) groups is 2. The summed E-state index contributed by atoms with van der Waals surface area (Å²) < 4.78 is 7.02. The Morgan fingerprint density at radius 2 is 1.90 bits per heavy atom. The van der Waals surface area contributed by atoms with Crippen LogP contribution in [0, 0.1) is 0 Å². The van der Waals surface area contributed by atoms with Crippen LogP contribution < -0.4 is 0 Å². The molecule has 2 amide bonds. The van der Waals surface area contributed by atoms with Crippen LogP contribution in [0.1, 0.15) is 28.8 Å². The summed E-state index contributed by atoms with van der Waals surface area (Å²) in [5.41, 5.74) is 3.20. The van der Waals surface area contributed by atoms with E-state index in [-0.39, 0.29) is 18.0 Å². The molecule has 2 aliphatic heterocycles. The van der Waals surface area contributed by atoms with Crippen molar-refractivity contribution in [3.8, 4) is 0 Å². The van der Waals surface area contributed by atoms with Crippen LogP contribution in [0.4, 0.5) is 4.79 Å². The lowest BCUT2D eigenvalue weighted by molar-refractivity contribution is 0.0658. The normalized spacial score (nSPS) is 17.5. The molecule has 0 radical (unpaired) electrons. The summed E-state index contributed by atoms with van der Waals surface area (Å²) in [6.07, 6.45) is 4.70. The van der Waals surface area contributed by atoms with Crippen LogP contribution in [0.15, 0.2) is 48.9 Å². The third-order valence-electron chi connectivity index (χ3n) is 5.88. The van der Waals surface area contributed by atoms with Crippen molar-refractivity contribution in [1.29, 1.82) is 0 Å². The number of rotatable bonds is 4. The molecule has 5 rings (SSSR count). The zero-order chi connectivity index (χ0) is 20.5. The van der Waals surface area contributed by atoms with Crippen molar-refractivity contribution in [1.82, 2.24) is 24.3 Å². The van der Waals surface area contributed by atoms with Crippen molar-refractivity contribution in [3.63, 3.8) is 0 Å². The Balaban J connectivity index is 1.27. The van der Waals surface area contributed by atoms with Crippen molar-refractivity contribution >= 4 is 23.2 Å². The molecule has 4 heterocycles. The maximum absolute atomic E-state index is 13.0. The molecule has 8 nitrogen and oxygen atoms in total. The average Bonchev–Trinajstić information content (AvgIpc) is 3.40. The zero-order valence-corrected chi connectivity index (χ0v) is 16.6. The third kappa shape index (κ3) is 3.49. The van der Waals surface area contributed by atoms with Gasteiger partial charge in [-0.05, 0) is 24.5 Å². The second-order valence-corrected chi connectivity index (χ2v) is 7.76. The summed E-state index contributed by atoms with van der Waals surface area (Å²) >= 11 is 0. The molecule has 2 saturated heterocycles. The van der Waals surface area contributed by atoms with E-state index in [0.717, 1.165) is 18.5 Å². The SMILES string of the molecule is O=C(c1cnc2c(c1)ncn2Cc1ccccc1)N1CCC(N2CCOC2=O)CC1. The van der Waals surface area contributed by atoms with Crippen LogP contribution in [0.5, 0.6) is 0 Å². The summed E-state index contributed by atoms with van der Waals surface area (Å²) in [4.78, 5) is 37.3. The highest BCUT2D eigenvalue weighted by Gasteiger charge is 2.33. The summed E-state index contributed by atoms with van der Waals surface area (Å²) in [7, 11) is 0. The standard InChI is InChI=1S/C22H23N5O3/c28-21(25-8-6-18(7-9-25)27-10-11-30-22(27)29)17-12-19-20(23-13-17)26(15-24-19)14-16-4-2-1-3-5-16/h1-5,12-13,15,18H,6-11,14H2. The van der Waals surface area contributed by atoms with Crippen molar-refractivity contribution < 1.29 is 14.3 Å². The van der Waals surface area contributed by atoms with Gasteiger partial charge in [-0.25, -0.2) is 14.8 Å². The van der Waals surface area contributed by atoms with Crippen molar-refractivity contribution in [2.75, 3.05) is 26.2 Å². The molecule has 0 aliphatic carbocycles. The number of ether oxygens (including phenoxy) is 1. The van der Waals surface area contributed by atoms with Crippen LogP contribution in [0.25, 0.3) is 11.2 Å². The molecule has 0 N–H and O–H groups in total. The van der Waals surface area contributed by atoms with E-state index >= 15 is 0 Å². The number of likely N-dealkylation sites (tertiary alicyclic amines) is 1. The van der Waals surface area contributed by atoms with Gasteiger partial charge in [0.2, 0.25) is 0 Å². The topological polar surface area (TPSA) is 80.6 Å². The molecule has 2 fully saturated rings. The van der Waals surface area contributed by atoms with E-state index in [1.165, 1.54) is 5.56 Å². The summed E-state index contributed by atoms with van der Waals surface area (Å²) in [6, 6.07) is 12.1. The Bertz CT molecular complexity index is 1070. The highest BCUT2D eigenvalue weighted by atomic mass is 16.6. The Morgan fingerprint density at radius 1 is 1.10 bits per heavy atom. The van der Waals surface area contributed by atoms with Gasteiger partial charge in [0.25, 0.3) is 5.91 Å². The number of pyridine rings is 1. The number of piperidine rings is 1. The lowest BCUT2D eigenvalue weighted by Gasteiger charge is -2.35. The van der Waals surface area contributed by atoms with Gasteiger partial charge in [-0.2, -0.15) is 0 Å². The Hall–Kier alpha value is -3.42. The van der Waals surface area contributed by atoms with Gasteiger partial charge in [-0.1, -0.05) is 30.3 Å². The summed E-state index contributed by atoms with van der Waals surface area (Å²) in [5.74, 6) is -0.0375. The fourth-order valence-electron chi connectivity index (χ4n) is 4.26. The largest absolute Gasteiger partial charge is 0.448 e. The molecule has 1 aromatic carbocycles. The Labute approximate surface area is 174 Å². The Morgan fingerprint density at radius 3 is 2.63 bits per heavy atom. The maximum Gasteiger partial charge on any atom is 0.410 e. The van der Waals surface area contributed by atoms with Crippen molar-refractivity contribution in [3.05, 3.63) is 60.0 Å². The van der Waals surface area contributed by atoms with E-state index in [9.17, 15) is 9.59 Å². The minimum Gasteiger partial charge on any atom is -0.448 e. The van der Waals surface area contributed by atoms with E-state index in [2.05, 4.69) is 22.1 Å². The van der Waals surface area contributed by atoms with E-state index in [1.54, 1.807) is 17.4 Å². The van der Waals surface area contributed by atoms with Gasteiger partial charge in [0.15, 0.2) is 5.65 Å². The molecule has 0 unspecified atom stereocenters. The molecule has 2 aliphatic rings. The highest BCUT2D eigenvalue weighted by Crippen LogP contribution is 2.22. The monoisotopic (exact) mass is 405 g/mol. The van der Waals surface area contributed by atoms with Crippen LogP contribution in [0.3, 0.4) is 0 Å². The average molecular weight is 405 g/mol. The zero-order valence-electron chi connectivity index (χ0n) is 16.6. The molecule has 0 spiro atoms. The number of imidazole rings is 1. The summed E-state index contributed by atoms with van der Waals surface area (Å²) in [5, 5.41) is 0. The molecule has 0 bridgehead atoms. The number of hydrogen-bond acceptors (Lipinski definition) is 5. The lowest BCUT2D eigenvalue weighted by Crippen LogP contribution is -2.47. The van der Waals surface area contributed by atoms with Crippen LogP contribution in [-0.4, -0.2) is 68.6 Å². The number of fused-ring (bicyclic) bond motifs is 1. The quantitative estimate of drug-likeness (QED) is 0.666. The first-order valence-electron chi connectivity index (χ1n) is 10.3. The first-order chi connectivity index (χ1) is 14.7. The molecule has 0 saturated carbocycles. The number of amides is 2. The van der Waals surface area contributed by atoms with Crippen molar-refractivity contribution in [2.45, 2.75) is 25.4 Å². The minimum atomic E-state index is -0.236. The number of cyclic esters (lactones) is 1. The van der Waals surface area contributed by atoms with Gasteiger partial charge >= 0.3 is 6.09 Å². The molecule has 154 valence electrons. The van der Waals surface area contributed by atoms with Crippen LogP contribution in [-0.2, 0) is 11.3 Å². The van der Waals surface area contributed by atoms with Crippen LogP contribution >= 0.6 is 0 Å². The molecule has 30 heavy (non-hydrogen) atoms. The summed E-state index contributed by atoms with van der Waals surface area (Å²) in [6.45, 7) is 3.02. The number of aromatic nitrogens is 3. The third-order valence-corrected chi connectivity index (χ3v) is 5.88. The predicted octanol–water partition coefficient (Wildman–Crippen LogP) is 2.54. The maximum atomic E-state index is 13.0. The number of hydrogen-bond donors (Lipinski definition) is 0. The molecule has 8 heteroatoms. The second-order valence-electron chi connectivity index (χ2n) is 7.76. The number of benzene rings is 1. The molecule has 2 aromatic heterocycles. The smallest absolute Gasteiger partial charge is 0.410 e. The first-order valence-corrected chi connectivity index (χ1v) is 10.3. The van der Waals surface area contributed by atoms with Crippen LogP contribution in [0.2, 0.25) is 0 Å². The van der Waals surface area contributed by atoms with E-state index < -0.39 is 0 Å². The highest BCUT2D eigenvalue weighted by molar-refractivity contribution is 5.96. The van der Waals surface area contributed by atoms with Gasteiger partial charge in [0.1, 0.15) is 12.1 Å². The van der Waals surface area contributed by atoms with Gasteiger partial charge in [0, 0.05) is 25.3 Å². The van der Waals surface area contributed by atoms with E-state index in [1.807, 2.05) is 33.7 Å². The second kappa shape index (κ2) is 7.78. The number of nitrogens with zero attached hydrogens (tertiary/aromatic N) is 5. The predicted molar refractivity (Wildman–Crippen MR) is 110 cm³/mol. The Kier molecular flexibility index (Phi) is 4.82. The van der Waals surface area contributed by atoms with E-state index in [0.29, 0.717) is 43.9 Å². The molecule has 3 aromatic rings. The van der Waals surface area contributed by atoms with Crippen molar-refractivity contribution in [2.24, 2.45) is 0 Å². The van der Waals surface area contributed by atoms with Gasteiger partial charge < -0.3 is 19.1 Å². The first kappa shape index (κ1) is 18.6. The van der Waals surface area contributed by atoms with Gasteiger partial charge in [0.05, 0.1) is 25.0 Å².